The van der Waals surface area contributed by atoms with Crippen LogP contribution in [0.5, 0.6) is 0 Å². The highest BCUT2D eigenvalue weighted by atomic mass is 16.7. The summed E-state index contributed by atoms with van der Waals surface area (Å²) in [7, 11) is 5.93. The third kappa shape index (κ3) is 65.6. The van der Waals surface area contributed by atoms with Gasteiger partial charge < -0.3 is 33.3 Å². The second-order valence-electron chi connectivity index (χ2n) is 24.1. The van der Waals surface area contributed by atoms with E-state index in [9.17, 15) is 19.5 Å². The number of hydrogen-bond donors (Lipinski definition) is 0. The molecule has 83 heavy (non-hydrogen) atoms. The number of carboxylic acid groups (broad SMARTS) is 1. The van der Waals surface area contributed by atoms with Gasteiger partial charge in [-0.1, -0.05) is 284 Å². The number of hydrogen-bond acceptors (Lipinski definition) is 8. The molecule has 0 aliphatic rings. The Labute approximate surface area is 512 Å². The van der Waals surface area contributed by atoms with Crippen LogP contribution in [0.15, 0.2) is 97.2 Å². The SMILES string of the molecule is CC/C=C\C/C=C\C/C=C\C/C=C\C/C=C\C/C=C\CCCCCCCCCCCCCCC(=O)OC(COC(=O)CCCCCCCCCCCCCCCCC/C=C\C/C=C\CCCCCCC)COC(OCC[N+](C)(C)C)C(=O)[O-]. The van der Waals surface area contributed by atoms with Gasteiger partial charge in [0.15, 0.2) is 12.4 Å². The van der Waals surface area contributed by atoms with Crippen LogP contribution in [0.25, 0.3) is 0 Å². The summed E-state index contributed by atoms with van der Waals surface area (Å²) in [6, 6.07) is 0. The maximum atomic E-state index is 12.9. The van der Waals surface area contributed by atoms with Crippen molar-refractivity contribution < 1.29 is 42.9 Å². The van der Waals surface area contributed by atoms with E-state index in [-0.39, 0.29) is 38.6 Å². The molecule has 0 N–H and O–H groups in total. The topological polar surface area (TPSA) is 111 Å². The summed E-state index contributed by atoms with van der Waals surface area (Å²) in [5.41, 5.74) is 0. The fraction of sp³-hybridized carbons (Fsp3) is 0.743. The number of carbonyl (C=O) groups is 3. The minimum absolute atomic E-state index is 0.145. The smallest absolute Gasteiger partial charge is 0.306 e. The van der Waals surface area contributed by atoms with E-state index in [1.807, 2.05) is 21.1 Å². The summed E-state index contributed by atoms with van der Waals surface area (Å²) >= 11 is 0. The number of carboxylic acids is 1. The highest BCUT2D eigenvalue weighted by molar-refractivity contribution is 5.70. The van der Waals surface area contributed by atoms with Crippen LogP contribution in [-0.4, -0.2) is 82.3 Å². The molecule has 0 saturated heterocycles. The fourth-order valence-electron chi connectivity index (χ4n) is 9.57. The molecule has 0 radical (unpaired) electrons. The van der Waals surface area contributed by atoms with Crippen molar-refractivity contribution in [2.75, 3.05) is 47.5 Å². The first-order valence-corrected chi connectivity index (χ1v) is 34.4. The maximum Gasteiger partial charge on any atom is 0.306 e. The molecule has 0 spiro atoms. The highest BCUT2D eigenvalue weighted by Gasteiger charge is 2.22. The zero-order chi connectivity index (χ0) is 60.5. The molecule has 0 aliphatic carbocycles. The van der Waals surface area contributed by atoms with Crippen molar-refractivity contribution in [3.8, 4) is 0 Å². The predicted molar refractivity (Wildman–Crippen MR) is 352 cm³/mol. The van der Waals surface area contributed by atoms with Gasteiger partial charge in [-0.15, -0.1) is 0 Å². The molecule has 9 heteroatoms. The third-order valence-electron chi connectivity index (χ3n) is 14.8. The quantitative estimate of drug-likeness (QED) is 0.0195. The van der Waals surface area contributed by atoms with Crippen LogP contribution in [0.1, 0.15) is 296 Å². The summed E-state index contributed by atoms with van der Waals surface area (Å²) < 4.78 is 22.8. The maximum absolute atomic E-state index is 12.9. The Bertz CT molecular complexity index is 1680. The molecular formula is C74H129NO8. The molecule has 0 rings (SSSR count). The molecule has 2 atom stereocenters. The van der Waals surface area contributed by atoms with E-state index < -0.39 is 24.3 Å². The number of nitrogens with zero attached hydrogens (tertiary/aromatic N) is 1. The number of likely N-dealkylation sites (N-methyl/N-ethyl adjacent to an activating group) is 1. The Kier molecular flexibility index (Phi) is 61.3. The van der Waals surface area contributed by atoms with Crippen LogP contribution in [0.3, 0.4) is 0 Å². The molecule has 0 aromatic rings. The van der Waals surface area contributed by atoms with Gasteiger partial charge in [0.25, 0.3) is 0 Å². The largest absolute Gasteiger partial charge is 0.545 e. The van der Waals surface area contributed by atoms with Gasteiger partial charge >= 0.3 is 11.9 Å². The molecule has 9 nitrogen and oxygen atoms in total. The van der Waals surface area contributed by atoms with Crippen LogP contribution in [0, 0.1) is 0 Å². The molecule has 0 heterocycles. The third-order valence-corrected chi connectivity index (χ3v) is 14.8. The number of esters is 2. The lowest BCUT2D eigenvalue weighted by Gasteiger charge is -2.26. The number of quaternary nitrogens is 1. The van der Waals surface area contributed by atoms with Gasteiger partial charge in [0.1, 0.15) is 13.2 Å². The van der Waals surface area contributed by atoms with E-state index in [0.29, 0.717) is 17.4 Å². The number of ether oxygens (including phenoxy) is 4. The van der Waals surface area contributed by atoms with Gasteiger partial charge in [-0.25, -0.2) is 0 Å². The molecular weight excluding hydrogens is 1030 g/mol. The van der Waals surface area contributed by atoms with Crippen molar-refractivity contribution in [2.45, 2.75) is 309 Å². The van der Waals surface area contributed by atoms with Gasteiger partial charge in [-0.2, -0.15) is 0 Å². The Morgan fingerprint density at radius 1 is 0.373 bits per heavy atom. The van der Waals surface area contributed by atoms with Crippen LogP contribution < -0.4 is 5.11 Å². The second-order valence-corrected chi connectivity index (χ2v) is 24.1. The number of aliphatic carboxylic acids is 1. The lowest BCUT2D eigenvalue weighted by Crippen LogP contribution is -2.44. The van der Waals surface area contributed by atoms with E-state index >= 15 is 0 Å². The fourth-order valence-corrected chi connectivity index (χ4v) is 9.57. The predicted octanol–water partition coefficient (Wildman–Crippen LogP) is 19.9. The van der Waals surface area contributed by atoms with E-state index in [4.69, 9.17) is 18.9 Å². The zero-order valence-corrected chi connectivity index (χ0v) is 54.5. The minimum atomic E-state index is -1.63. The second kappa shape index (κ2) is 64.2. The van der Waals surface area contributed by atoms with Crippen LogP contribution >= 0.6 is 0 Å². The van der Waals surface area contributed by atoms with Gasteiger partial charge in [0.05, 0.1) is 40.3 Å². The van der Waals surface area contributed by atoms with Crippen molar-refractivity contribution in [1.29, 1.82) is 0 Å². The number of carbonyl (C=O) groups excluding carboxylic acids is 3. The van der Waals surface area contributed by atoms with E-state index in [1.54, 1.807) is 0 Å². The first-order chi connectivity index (χ1) is 40.6. The van der Waals surface area contributed by atoms with Gasteiger partial charge in [-0.05, 0) is 96.3 Å². The summed E-state index contributed by atoms with van der Waals surface area (Å²) in [5.74, 6) is -2.28. The lowest BCUT2D eigenvalue weighted by atomic mass is 10.0. The standard InChI is InChI=1S/C74H129NO8/c1-6-8-10-12-14-16-18-20-22-24-26-28-30-32-34-35-36-37-39-41-43-45-47-49-51-53-55-57-59-61-63-65-72(77)83-70(69-82-74(73(78)79)80-67-66-75(3,4)5)68-81-71(76)64-62-60-58-56-54-52-50-48-46-44-42-40-38-33-31-29-27-25-23-21-19-17-15-13-11-9-7-2/h8,10,14,16,19-22,25-28,32,34,36-37,70,74H,6-7,9,11-13,15,17-18,23-24,29-31,33,35,38-69H2,1-5H3/b10-8-,16-14-,21-19-,22-20-,27-25-,28-26-,34-32-,37-36-. The summed E-state index contributed by atoms with van der Waals surface area (Å²) in [5, 5.41) is 11.8. The molecule has 0 amide bonds. The molecule has 0 fully saturated rings. The van der Waals surface area contributed by atoms with Crippen molar-refractivity contribution >= 4 is 17.9 Å². The average molecular weight is 1160 g/mol. The molecule has 478 valence electrons. The van der Waals surface area contributed by atoms with Gasteiger partial charge in [-0.3, -0.25) is 9.59 Å². The first-order valence-electron chi connectivity index (χ1n) is 34.4. The summed E-state index contributed by atoms with van der Waals surface area (Å²) in [6.07, 6.45) is 84.8. The van der Waals surface area contributed by atoms with Crippen LogP contribution in [0.4, 0.5) is 0 Å². The number of allylic oxidation sites excluding steroid dienone is 16. The lowest BCUT2D eigenvalue weighted by molar-refractivity contribution is -0.870. The molecule has 0 bridgehead atoms. The van der Waals surface area contributed by atoms with E-state index in [1.165, 1.54) is 180 Å². The number of rotatable bonds is 63. The van der Waals surface area contributed by atoms with Gasteiger partial charge in [0, 0.05) is 12.8 Å². The van der Waals surface area contributed by atoms with Crippen molar-refractivity contribution in [3.05, 3.63) is 97.2 Å². The molecule has 0 aromatic carbocycles. The molecule has 2 unspecified atom stereocenters. The van der Waals surface area contributed by atoms with Crippen molar-refractivity contribution in [2.24, 2.45) is 0 Å². The first kappa shape index (κ1) is 79.2. The molecule has 0 aromatic heterocycles. The summed E-state index contributed by atoms with van der Waals surface area (Å²) in [4.78, 5) is 37.5. The number of unbranched alkanes of at least 4 members (excludes halogenated alkanes) is 32. The Morgan fingerprint density at radius 2 is 0.687 bits per heavy atom. The molecule has 0 saturated carbocycles. The van der Waals surface area contributed by atoms with Crippen LogP contribution in [-0.2, 0) is 33.3 Å². The summed E-state index contributed by atoms with van der Waals surface area (Å²) in [6.45, 7) is 4.65. The average Bonchev–Trinajstić information content (AvgIpc) is 3.46. The van der Waals surface area contributed by atoms with E-state index in [2.05, 4.69) is 111 Å². The Hall–Kier alpha value is -3.79. The minimum Gasteiger partial charge on any atom is -0.545 e. The zero-order valence-electron chi connectivity index (χ0n) is 54.5. The Balaban J connectivity index is 4.14. The highest BCUT2D eigenvalue weighted by Crippen LogP contribution is 2.17. The normalized spacial score (nSPS) is 13.3. The van der Waals surface area contributed by atoms with Crippen LogP contribution in [0.2, 0.25) is 0 Å². The Morgan fingerprint density at radius 3 is 1.02 bits per heavy atom. The van der Waals surface area contributed by atoms with Gasteiger partial charge in [0.2, 0.25) is 0 Å². The monoisotopic (exact) mass is 1160 g/mol. The van der Waals surface area contributed by atoms with E-state index in [0.717, 1.165) is 83.5 Å². The molecule has 0 aliphatic heterocycles. The van der Waals surface area contributed by atoms with Crippen molar-refractivity contribution in [1.82, 2.24) is 0 Å². The van der Waals surface area contributed by atoms with Crippen molar-refractivity contribution in [3.63, 3.8) is 0 Å².